The van der Waals surface area contributed by atoms with Crippen LogP contribution < -0.4 is 16.4 Å². The number of aliphatic hydroxyl groups excluding tert-OH is 10. The first kappa shape index (κ1) is 56.6. The molecule has 0 aliphatic carbocycles. The number of rotatable bonds is 21. The SMILES string of the molecule is N[C@H](Cc1ccccc1)C(=O)O.O=C(O)[C@@H](Cc1ccccc1)NC/C(O)=C(\O)[C@H](O)CO.O=C(O)[C@@H](Cc1ccccc1)NCC1(O)OCC(O)C1O.O=C[C@H](O)[C@@H](O)[C@H](O)CO.[HH].[HH].[HH].[HH].[HH].[HH].[HH].[HH].[HH].[HH]. The van der Waals surface area contributed by atoms with Crippen molar-refractivity contribution in [2.45, 2.75) is 79.8 Å². The van der Waals surface area contributed by atoms with Crippen molar-refractivity contribution in [2.24, 2.45) is 5.73 Å². The Labute approximate surface area is 382 Å². The second kappa shape index (κ2) is 29.8. The average Bonchev–Trinajstić information content (AvgIpc) is 3.56. The Morgan fingerprint density at radius 1 is 0.719 bits per heavy atom. The first-order valence-electron chi connectivity index (χ1n) is 19.5. The number of carbonyl (C=O) groups excluding carboxylic acids is 1. The molecule has 64 heavy (non-hydrogen) atoms. The van der Waals surface area contributed by atoms with Crippen LogP contribution >= 0.6 is 0 Å². The van der Waals surface area contributed by atoms with Gasteiger partial charge in [-0.25, -0.2) is 0 Å². The first-order valence-corrected chi connectivity index (χ1v) is 19.5. The lowest BCUT2D eigenvalue weighted by Gasteiger charge is -2.27. The molecular formula is C42H79N3O19. The highest BCUT2D eigenvalue weighted by Crippen LogP contribution is 2.23. The van der Waals surface area contributed by atoms with Crippen LogP contribution in [-0.4, -0.2) is 189 Å². The van der Waals surface area contributed by atoms with E-state index in [4.69, 9.17) is 51.3 Å². The third-order valence-corrected chi connectivity index (χ3v) is 9.08. The Bertz CT molecular complexity index is 1870. The number of hydrogen-bond donors (Lipinski definition) is 17. The van der Waals surface area contributed by atoms with Gasteiger partial charge in [-0.1, -0.05) is 91.0 Å². The molecule has 1 aliphatic rings. The van der Waals surface area contributed by atoms with E-state index in [1.54, 1.807) is 36.4 Å². The maximum Gasteiger partial charge on any atom is 0.321 e. The lowest BCUT2D eigenvalue weighted by Crippen LogP contribution is -2.54. The Kier molecular flexibility index (Phi) is 26.4. The predicted molar refractivity (Wildman–Crippen MR) is 246 cm³/mol. The van der Waals surface area contributed by atoms with Crippen molar-refractivity contribution in [3.8, 4) is 0 Å². The van der Waals surface area contributed by atoms with Crippen LogP contribution in [-0.2, 0) is 43.2 Å². The van der Waals surface area contributed by atoms with Crippen molar-refractivity contribution < 1.29 is 110 Å². The van der Waals surface area contributed by atoms with Gasteiger partial charge >= 0.3 is 17.9 Å². The summed E-state index contributed by atoms with van der Waals surface area (Å²) in [6.45, 7) is -2.27. The number of aliphatic hydroxyl groups is 11. The number of ether oxygens (including phenoxy) is 1. The number of carboxylic acids is 3. The molecule has 22 nitrogen and oxygen atoms in total. The van der Waals surface area contributed by atoms with Crippen molar-refractivity contribution in [3.63, 3.8) is 0 Å². The van der Waals surface area contributed by atoms with Crippen molar-refractivity contribution >= 4 is 24.2 Å². The fourth-order valence-corrected chi connectivity index (χ4v) is 5.29. The second-order valence-electron chi connectivity index (χ2n) is 14.1. The molecule has 1 fully saturated rings. The van der Waals surface area contributed by atoms with Crippen LogP contribution in [0.3, 0.4) is 0 Å². The van der Waals surface area contributed by atoms with Crippen LogP contribution in [0.5, 0.6) is 0 Å². The van der Waals surface area contributed by atoms with Gasteiger partial charge in [0.2, 0.25) is 5.79 Å². The van der Waals surface area contributed by atoms with Crippen molar-refractivity contribution in [3.05, 3.63) is 119 Å². The van der Waals surface area contributed by atoms with Crippen LogP contribution in [0.15, 0.2) is 103 Å². The number of benzene rings is 3. The second-order valence-corrected chi connectivity index (χ2v) is 14.1. The van der Waals surface area contributed by atoms with E-state index < -0.39 is 103 Å². The van der Waals surface area contributed by atoms with Crippen LogP contribution in [0.1, 0.15) is 31.0 Å². The molecule has 3 aromatic carbocycles. The molecule has 0 amide bonds. The van der Waals surface area contributed by atoms with Gasteiger partial charge in [0.1, 0.15) is 60.5 Å². The maximum absolute atomic E-state index is 11.3. The smallest absolute Gasteiger partial charge is 0.321 e. The molecule has 0 spiro atoms. The lowest BCUT2D eigenvalue weighted by atomic mass is 10.0. The van der Waals surface area contributed by atoms with E-state index in [2.05, 4.69) is 10.6 Å². The van der Waals surface area contributed by atoms with Gasteiger partial charge in [0.25, 0.3) is 0 Å². The molecule has 0 saturated carbocycles. The Morgan fingerprint density at radius 2 is 1.16 bits per heavy atom. The molecule has 18 N–H and O–H groups in total. The lowest BCUT2D eigenvalue weighted by molar-refractivity contribution is -0.212. The van der Waals surface area contributed by atoms with Gasteiger partial charge in [-0.3, -0.25) is 25.0 Å². The quantitative estimate of drug-likeness (QED) is 0.0451. The van der Waals surface area contributed by atoms with Gasteiger partial charge in [0, 0.05) is 14.3 Å². The maximum atomic E-state index is 11.3. The van der Waals surface area contributed by atoms with Crippen LogP contribution in [0.25, 0.3) is 0 Å². The molecule has 22 heteroatoms. The average molecular weight is 930 g/mol. The molecule has 376 valence electrons. The highest BCUT2D eigenvalue weighted by Gasteiger charge is 2.48. The number of hydrogen-bond acceptors (Lipinski definition) is 19. The first-order chi connectivity index (χ1) is 30.2. The van der Waals surface area contributed by atoms with Gasteiger partial charge in [-0.2, -0.15) is 0 Å². The molecule has 1 saturated heterocycles. The zero-order valence-electron chi connectivity index (χ0n) is 34.5. The van der Waals surface area contributed by atoms with Gasteiger partial charge in [-0.05, 0) is 36.0 Å². The van der Waals surface area contributed by atoms with Crippen LogP contribution in [0.2, 0.25) is 0 Å². The van der Waals surface area contributed by atoms with E-state index in [-0.39, 0.29) is 53.1 Å². The summed E-state index contributed by atoms with van der Waals surface area (Å²) in [6, 6.07) is 24.6. The summed E-state index contributed by atoms with van der Waals surface area (Å²) in [7, 11) is 0. The van der Waals surface area contributed by atoms with E-state index in [1.807, 2.05) is 54.6 Å². The van der Waals surface area contributed by atoms with Crippen LogP contribution in [0.4, 0.5) is 0 Å². The summed E-state index contributed by atoms with van der Waals surface area (Å²) < 4.78 is 4.95. The standard InChI is InChI=1S/2C14H19NO6.C9H11NO2.C5H10O5.10H2/c16-11-7-21-14(20,12(11)17)8-15-10(13(18)19)6-9-4-2-1-3-5-9;16-8-12(18)13(19)11(17)7-15-10(14(20)21)6-9-4-2-1-3-5-9;10-8(9(11)12)6-7-4-2-1-3-5-7;6-1-3(8)5(10)4(9)2-7;;;;;;;;;;/h1-5,10-12,15-17,20H,6-8H2,(H,18,19);1-5,10,12,15-19H,6-8H2,(H,20,21);1-5,8H,6,10H2,(H,11,12);1,3-5,7-10H,2H2;10*1H/b;13-11+;;;;;;;;;;;;/t10-,11?,12?,14?;10-,12-;8-;3-,4+,5+;;;;;;;;;;/m1110........../s1. The summed E-state index contributed by atoms with van der Waals surface area (Å²) in [5.41, 5.74) is 7.94. The monoisotopic (exact) mass is 930 g/mol. The summed E-state index contributed by atoms with van der Waals surface area (Å²) in [5, 5.41) is 132. The third-order valence-electron chi connectivity index (χ3n) is 9.08. The summed E-state index contributed by atoms with van der Waals surface area (Å²) in [4.78, 5) is 42.6. The van der Waals surface area contributed by atoms with Gasteiger partial charge in [0.15, 0.2) is 12.0 Å². The molecule has 4 rings (SSSR count). The number of aliphatic carboxylic acids is 3. The third kappa shape index (κ3) is 20.8. The number of aldehydes is 1. The van der Waals surface area contributed by atoms with Gasteiger partial charge in [-0.15, -0.1) is 0 Å². The zero-order valence-corrected chi connectivity index (χ0v) is 34.5. The molecular weight excluding hydrogens is 850 g/mol. The van der Waals surface area contributed by atoms with E-state index in [0.29, 0.717) is 6.42 Å². The Hall–Kier alpha value is -5.44. The summed E-state index contributed by atoms with van der Waals surface area (Å²) in [5.74, 6) is -6.52. The minimum absolute atomic E-state index is 0. The minimum Gasteiger partial charge on any atom is -0.507 e. The highest BCUT2D eigenvalue weighted by atomic mass is 16.7. The molecule has 1 heterocycles. The predicted octanol–water partition coefficient (Wildman–Crippen LogP) is -0.973. The largest absolute Gasteiger partial charge is 0.507 e. The topological polar surface area (TPSA) is 411 Å². The van der Waals surface area contributed by atoms with Gasteiger partial charge in [0.05, 0.1) is 32.9 Å². The molecule has 3 aromatic rings. The molecule has 0 bridgehead atoms. The molecule has 0 radical (unpaired) electrons. The van der Waals surface area contributed by atoms with E-state index in [9.17, 15) is 49.8 Å². The molecule has 3 unspecified atom stereocenters. The van der Waals surface area contributed by atoms with Crippen molar-refractivity contribution in [2.75, 3.05) is 32.9 Å². The van der Waals surface area contributed by atoms with E-state index >= 15 is 0 Å². The fourth-order valence-electron chi connectivity index (χ4n) is 5.29. The van der Waals surface area contributed by atoms with Gasteiger partial charge < -0.3 is 86.8 Å². The Balaban J connectivity index is -0.0000000916. The molecule has 10 atom stereocenters. The highest BCUT2D eigenvalue weighted by molar-refractivity contribution is 5.74. The summed E-state index contributed by atoms with van der Waals surface area (Å²) >= 11 is 0. The van der Waals surface area contributed by atoms with Crippen LogP contribution in [0, 0.1) is 0 Å². The van der Waals surface area contributed by atoms with E-state index in [0.717, 1.165) is 16.7 Å². The number of carbonyl (C=O) groups is 4. The van der Waals surface area contributed by atoms with E-state index in [1.165, 1.54) is 0 Å². The Morgan fingerprint density at radius 3 is 1.52 bits per heavy atom. The number of nitrogens with two attached hydrogens (primary N) is 1. The number of nitrogens with one attached hydrogen (secondary N) is 2. The summed E-state index contributed by atoms with van der Waals surface area (Å²) in [6.07, 6.45) is -8.07. The van der Waals surface area contributed by atoms with Crippen molar-refractivity contribution in [1.29, 1.82) is 0 Å². The normalized spacial score (nSPS) is 20.3. The number of carboxylic acid groups (broad SMARTS) is 3. The minimum atomic E-state index is -1.98. The molecule has 0 aromatic heterocycles. The zero-order chi connectivity index (χ0) is 48.4. The molecule has 1 aliphatic heterocycles. The fraction of sp³-hybridized carbons (Fsp3) is 0.429. The van der Waals surface area contributed by atoms with Crippen molar-refractivity contribution in [1.82, 2.24) is 10.6 Å².